The molecule has 1 heterocycles. The topological polar surface area (TPSA) is 81.1 Å². The average Bonchev–Trinajstić information content (AvgIpc) is 3.18. The lowest BCUT2D eigenvalue weighted by Gasteiger charge is -2.18. The van der Waals surface area contributed by atoms with Gasteiger partial charge in [-0.1, -0.05) is 31.9 Å². The fourth-order valence-electron chi connectivity index (χ4n) is 2.92. The third-order valence-electron chi connectivity index (χ3n) is 4.55. The molecule has 144 valence electrons. The summed E-state index contributed by atoms with van der Waals surface area (Å²) in [5, 5.41) is 2.90. The predicted molar refractivity (Wildman–Crippen MR) is 105 cm³/mol. The van der Waals surface area contributed by atoms with Gasteiger partial charge in [-0.25, -0.2) is 4.98 Å². The lowest BCUT2D eigenvalue weighted by Crippen LogP contribution is -2.25. The SMILES string of the molecule is CCC(=O)CCCCCC(C(=O)Nc1cccc(C(C)=O)c1)n1ccnc1. The van der Waals surface area contributed by atoms with Crippen molar-refractivity contribution in [1.29, 1.82) is 0 Å². The number of hydrogen-bond donors (Lipinski definition) is 1. The summed E-state index contributed by atoms with van der Waals surface area (Å²) in [6.45, 7) is 3.38. The van der Waals surface area contributed by atoms with Gasteiger partial charge in [0.15, 0.2) is 5.78 Å². The summed E-state index contributed by atoms with van der Waals surface area (Å²) < 4.78 is 1.79. The second kappa shape index (κ2) is 10.4. The van der Waals surface area contributed by atoms with E-state index in [0.29, 0.717) is 30.5 Å². The number of anilines is 1. The van der Waals surface area contributed by atoms with Gasteiger partial charge in [0.25, 0.3) is 0 Å². The van der Waals surface area contributed by atoms with Gasteiger partial charge in [0.1, 0.15) is 11.8 Å². The summed E-state index contributed by atoms with van der Waals surface area (Å²) in [5.41, 5.74) is 1.17. The first kappa shape index (κ1) is 20.6. The van der Waals surface area contributed by atoms with Crippen molar-refractivity contribution in [2.75, 3.05) is 5.32 Å². The zero-order valence-corrected chi connectivity index (χ0v) is 16.0. The molecule has 0 saturated heterocycles. The monoisotopic (exact) mass is 369 g/mol. The maximum atomic E-state index is 12.8. The highest BCUT2D eigenvalue weighted by atomic mass is 16.2. The van der Waals surface area contributed by atoms with E-state index in [1.54, 1.807) is 47.6 Å². The molecular formula is C21H27N3O3. The highest BCUT2D eigenvalue weighted by Gasteiger charge is 2.20. The second-order valence-corrected chi connectivity index (χ2v) is 6.64. The van der Waals surface area contributed by atoms with Crippen LogP contribution in [0.1, 0.15) is 68.8 Å². The summed E-state index contributed by atoms with van der Waals surface area (Å²) in [4.78, 5) is 39.8. The van der Waals surface area contributed by atoms with Crippen molar-refractivity contribution >= 4 is 23.2 Å². The van der Waals surface area contributed by atoms with Gasteiger partial charge in [-0.3, -0.25) is 14.4 Å². The highest BCUT2D eigenvalue weighted by molar-refractivity contribution is 5.98. The molecular weight excluding hydrogens is 342 g/mol. The number of benzene rings is 1. The number of unbranched alkanes of at least 4 members (excludes halogenated alkanes) is 2. The molecule has 0 fully saturated rings. The van der Waals surface area contributed by atoms with Crippen molar-refractivity contribution in [3.8, 4) is 0 Å². The van der Waals surface area contributed by atoms with E-state index in [-0.39, 0.29) is 23.5 Å². The van der Waals surface area contributed by atoms with Crippen LogP contribution in [0.15, 0.2) is 43.0 Å². The standard InChI is InChI=1S/C21H27N3O3/c1-3-19(26)10-5-4-6-11-20(24-13-12-22-15-24)21(27)23-18-9-7-8-17(14-18)16(2)25/h7-9,12-15,20H,3-6,10-11H2,1-2H3,(H,23,27). The van der Waals surface area contributed by atoms with Crippen molar-refractivity contribution < 1.29 is 14.4 Å². The maximum absolute atomic E-state index is 12.8. The molecule has 0 radical (unpaired) electrons. The molecule has 0 aliphatic heterocycles. The van der Waals surface area contributed by atoms with E-state index in [1.165, 1.54) is 6.92 Å². The zero-order valence-electron chi connectivity index (χ0n) is 16.0. The number of Topliss-reactive ketones (excluding diaryl/α,β-unsaturated/α-hetero) is 2. The van der Waals surface area contributed by atoms with Gasteiger partial charge in [-0.15, -0.1) is 0 Å². The molecule has 0 saturated carbocycles. The molecule has 0 spiro atoms. The van der Waals surface area contributed by atoms with Crippen LogP contribution in [0.4, 0.5) is 5.69 Å². The smallest absolute Gasteiger partial charge is 0.247 e. The summed E-state index contributed by atoms with van der Waals surface area (Å²) >= 11 is 0. The number of ketones is 2. The summed E-state index contributed by atoms with van der Waals surface area (Å²) in [5.74, 6) is 0.0986. The third-order valence-corrected chi connectivity index (χ3v) is 4.55. The molecule has 6 heteroatoms. The molecule has 1 unspecified atom stereocenters. The van der Waals surface area contributed by atoms with Gasteiger partial charge in [-0.2, -0.15) is 0 Å². The minimum absolute atomic E-state index is 0.0427. The van der Waals surface area contributed by atoms with Crippen LogP contribution in [0.3, 0.4) is 0 Å². The minimum Gasteiger partial charge on any atom is -0.325 e. The van der Waals surface area contributed by atoms with Gasteiger partial charge in [0, 0.05) is 36.5 Å². The Bertz CT molecular complexity index is 769. The van der Waals surface area contributed by atoms with Crippen molar-refractivity contribution in [2.24, 2.45) is 0 Å². The third kappa shape index (κ3) is 6.47. The predicted octanol–water partition coefficient (Wildman–Crippen LogP) is 4.20. The van der Waals surface area contributed by atoms with E-state index < -0.39 is 0 Å². The molecule has 27 heavy (non-hydrogen) atoms. The number of nitrogens with zero attached hydrogens (tertiary/aromatic N) is 2. The molecule has 1 amide bonds. The fraction of sp³-hybridized carbons (Fsp3) is 0.429. The van der Waals surface area contributed by atoms with Gasteiger partial charge in [-0.05, 0) is 31.9 Å². The molecule has 1 N–H and O–H groups in total. The molecule has 1 atom stereocenters. The second-order valence-electron chi connectivity index (χ2n) is 6.64. The number of hydrogen-bond acceptors (Lipinski definition) is 4. The van der Waals surface area contributed by atoms with E-state index in [0.717, 1.165) is 19.3 Å². The number of carbonyl (C=O) groups excluding carboxylic acids is 3. The fourth-order valence-corrected chi connectivity index (χ4v) is 2.92. The van der Waals surface area contributed by atoms with Crippen LogP contribution in [0.25, 0.3) is 0 Å². The van der Waals surface area contributed by atoms with Crippen molar-refractivity contribution in [3.63, 3.8) is 0 Å². The Morgan fingerprint density at radius 3 is 2.67 bits per heavy atom. The summed E-state index contributed by atoms with van der Waals surface area (Å²) in [6, 6.07) is 6.55. The van der Waals surface area contributed by atoms with Gasteiger partial charge < -0.3 is 9.88 Å². The van der Waals surface area contributed by atoms with Crippen LogP contribution >= 0.6 is 0 Å². The van der Waals surface area contributed by atoms with Crippen molar-refractivity contribution in [2.45, 2.75) is 58.4 Å². The molecule has 1 aromatic carbocycles. The Morgan fingerprint density at radius 1 is 1.19 bits per heavy atom. The van der Waals surface area contributed by atoms with Gasteiger partial charge in [0.2, 0.25) is 5.91 Å². The van der Waals surface area contributed by atoms with Crippen LogP contribution in [-0.2, 0) is 9.59 Å². The first-order valence-corrected chi connectivity index (χ1v) is 9.42. The zero-order chi connectivity index (χ0) is 19.6. The molecule has 2 rings (SSSR count). The highest BCUT2D eigenvalue weighted by Crippen LogP contribution is 2.20. The molecule has 2 aromatic rings. The van der Waals surface area contributed by atoms with E-state index in [9.17, 15) is 14.4 Å². The number of aromatic nitrogens is 2. The van der Waals surface area contributed by atoms with E-state index >= 15 is 0 Å². The van der Waals surface area contributed by atoms with Crippen LogP contribution < -0.4 is 5.32 Å². The van der Waals surface area contributed by atoms with Crippen LogP contribution in [0.5, 0.6) is 0 Å². The number of amides is 1. The molecule has 0 aliphatic carbocycles. The molecule has 0 bridgehead atoms. The number of imidazole rings is 1. The Hall–Kier alpha value is -2.76. The number of nitrogens with one attached hydrogen (secondary N) is 1. The van der Waals surface area contributed by atoms with Gasteiger partial charge >= 0.3 is 0 Å². The van der Waals surface area contributed by atoms with Crippen LogP contribution in [0.2, 0.25) is 0 Å². The first-order valence-electron chi connectivity index (χ1n) is 9.42. The summed E-state index contributed by atoms with van der Waals surface area (Å²) in [7, 11) is 0. The van der Waals surface area contributed by atoms with Crippen molar-refractivity contribution in [3.05, 3.63) is 48.5 Å². The normalized spacial score (nSPS) is 11.8. The van der Waals surface area contributed by atoms with E-state index in [4.69, 9.17) is 0 Å². The van der Waals surface area contributed by atoms with E-state index in [1.807, 2.05) is 6.92 Å². The van der Waals surface area contributed by atoms with Crippen LogP contribution in [0, 0.1) is 0 Å². The molecule has 1 aromatic heterocycles. The average molecular weight is 369 g/mol. The number of rotatable bonds is 11. The quantitative estimate of drug-likeness (QED) is 0.475. The van der Waals surface area contributed by atoms with E-state index in [2.05, 4.69) is 10.3 Å². The largest absolute Gasteiger partial charge is 0.325 e. The Kier molecular flexibility index (Phi) is 7.92. The molecule has 6 nitrogen and oxygen atoms in total. The summed E-state index contributed by atoms with van der Waals surface area (Å²) in [6.07, 6.45) is 9.52. The van der Waals surface area contributed by atoms with Gasteiger partial charge in [0.05, 0.1) is 6.33 Å². The number of carbonyl (C=O) groups is 3. The Balaban J connectivity index is 1.97. The lowest BCUT2D eigenvalue weighted by atomic mass is 10.0. The Morgan fingerprint density at radius 2 is 2.00 bits per heavy atom. The Labute approximate surface area is 160 Å². The van der Waals surface area contributed by atoms with Crippen molar-refractivity contribution in [1.82, 2.24) is 9.55 Å². The molecule has 0 aliphatic rings. The maximum Gasteiger partial charge on any atom is 0.247 e. The first-order chi connectivity index (χ1) is 13.0. The minimum atomic E-state index is -0.379. The lowest BCUT2D eigenvalue weighted by molar-refractivity contribution is -0.120. The van der Waals surface area contributed by atoms with Crippen LogP contribution in [-0.4, -0.2) is 27.0 Å².